The number of hydrogen-bond donors (Lipinski definition) is 2. The fourth-order valence-electron chi connectivity index (χ4n) is 2.16. The van der Waals surface area contributed by atoms with E-state index in [0.29, 0.717) is 10.9 Å². The molecule has 1 aromatic carbocycles. The second kappa shape index (κ2) is 4.16. The van der Waals surface area contributed by atoms with Crippen LogP contribution in [0, 0.1) is 18.6 Å². The predicted octanol–water partition coefficient (Wildman–Crippen LogP) is 1.98. The van der Waals surface area contributed by atoms with Crippen LogP contribution in [-0.4, -0.2) is 14.6 Å². The van der Waals surface area contributed by atoms with Crippen LogP contribution in [0.25, 0.3) is 22.3 Å². The lowest BCUT2D eigenvalue weighted by atomic mass is 10.1. The molecule has 102 valence electrons. The summed E-state index contributed by atoms with van der Waals surface area (Å²) in [7, 11) is 0. The Hall–Kier alpha value is -2.70. The molecule has 3 rings (SSSR count). The molecule has 0 atom stereocenters. The predicted molar refractivity (Wildman–Crippen MR) is 72.2 cm³/mol. The van der Waals surface area contributed by atoms with Crippen molar-refractivity contribution >= 4 is 16.7 Å². The first-order valence-corrected chi connectivity index (χ1v) is 5.82. The fourth-order valence-corrected chi connectivity index (χ4v) is 2.16. The van der Waals surface area contributed by atoms with Gasteiger partial charge in [0.25, 0.3) is 0 Å². The summed E-state index contributed by atoms with van der Waals surface area (Å²) >= 11 is 0. The molecule has 0 saturated heterocycles. The summed E-state index contributed by atoms with van der Waals surface area (Å²) in [6, 6.07) is 3.15. The van der Waals surface area contributed by atoms with Gasteiger partial charge in [0.15, 0.2) is 17.5 Å². The Labute approximate surface area is 112 Å². The van der Waals surface area contributed by atoms with Gasteiger partial charge >= 0.3 is 0 Å². The topological polar surface area (TPSA) is 82.8 Å². The van der Waals surface area contributed by atoms with E-state index < -0.39 is 11.6 Å². The van der Waals surface area contributed by atoms with Crippen molar-refractivity contribution in [2.75, 3.05) is 11.6 Å². The third kappa shape index (κ3) is 1.75. The smallest absolute Gasteiger partial charge is 0.183 e. The maximum Gasteiger partial charge on any atom is 0.183 e. The van der Waals surface area contributed by atoms with Gasteiger partial charge in [-0.25, -0.2) is 18.7 Å². The number of nitrogen functional groups attached to an aromatic ring is 2. The molecule has 0 saturated carbocycles. The van der Waals surface area contributed by atoms with Gasteiger partial charge in [-0.2, -0.15) is 0 Å². The van der Waals surface area contributed by atoms with Gasteiger partial charge in [-0.05, 0) is 24.6 Å². The van der Waals surface area contributed by atoms with Crippen LogP contribution in [0.4, 0.5) is 14.6 Å². The number of benzene rings is 1. The molecule has 3 aromatic rings. The second-order valence-electron chi connectivity index (χ2n) is 4.52. The zero-order chi connectivity index (χ0) is 14.4. The van der Waals surface area contributed by atoms with Crippen molar-refractivity contribution < 1.29 is 8.78 Å². The van der Waals surface area contributed by atoms with Crippen molar-refractivity contribution in [1.82, 2.24) is 14.6 Å². The third-order valence-corrected chi connectivity index (χ3v) is 3.04. The first-order chi connectivity index (χ1) is 9.47. The number of halogens is 2. The molecule has 0 fully saturated rings. The van der Waals surface area contributed by atoms with Crippen LogP contribution in [-0.2, 0) is 0 Å². The number of nitrogens with zero attached hydrogens (tertiary/aromatic N) is 3. The standard InChI is InChI=1S/C13H11F2N5/c1-6-2-7-8(5-20(17)11(7)9(14)3-6)13-18-4-10(15)12(16)19-13/h2-5H,17H2,1H3,(H2,16,18,19). The molecule has 0 radical (unpaired) electrons. The van der Waals surface area contributed by atoms with E-state index in [4.69, 9.17) is 11.6 Å². The summed E-state index contributed by atoms with van der Waals surface area (Å²) in [6.07, 6.45) is 2.46. The molecule has 0 bridgehead atoms. The Balaban J connectivity index is 2.34. The van der Waals surface area contributed by atoms with E-state index in [1.807, 2.05) is 0 Å². The summed E-state index contributed by atoms with van der Waals surface area (Å²) in [5.74, 6) is 4.54. The molecule has 0 aliphatic rings. The van der Waals surface area contributed by atoms with Gasteiger partial charge < -0.3 is 11.6 Å². The van der Waals surface area contributed by atoms with E-state index in [1.54, 1.807) is 13.0 Å². The van der Waals surface area contributed by atoms with Crippen molar-refractivity contribution in [3.63, 3.8) is 0 Å². The van der Waals surface area contributed by atoms with E-state index in [0.717, 1.165) is 16.4 Å². The van der Waals surface area contributed by atoms with Gasteiger partial charge in [0.1, 0.15) is 11.3 Å². The minimum atomic E-state index is -0.701. The highest BCUT2D eigenvalue weighted by molar-refractivity contribution is 5.95. The van der Waals surface area contributed by atoms with Crippen molar-refractivity contribution in [2.24, 2.45) is 0 Å². The van der Waals surface area contributed by atoms with Crippen LogP contribution < -0.4 is 11.6 Å². The van der Waals surface area contributed by atoms with Crippen LogP contribution >= 0.6 is 0 Å². The van der Waals surface area contributed by atoms with Crippen molar-refractivity contribution in [1.29, 1.82) is 0 Å². The van der Waals surface area contributed by atoms with Crippen molar-refractivity contribution in [2.45, 2.75) is 6.92 Å². The number of fused-ring (bicyclic) bond motifs is 1. The first-order valence-electron chi connectivity index (χ1n) is 5.82. The van der Waals surface area contributed by atoms with E-state index in [2.05, 4.69) is 9.97 Å². The molecule has 4 N–H and O–H groups in total. The van der Waals surface area contributed by atoms with Gasteiger partial charge in [0, 0.05) is 17.1 Å². The lowest BCUT2D eigenvalue weighted by Crippen LogP contribution is -2.06. The molecule has 2 heterocycles. The minimum absolute atomic E-state index is 0.197. The SMILES string of the molecule is Cc1cc(F)c2c(c1)c(-c1ncc(F)c(N)n1)cn2N. The highest BCUT2D eigenvalue weighted by Crippen LogP contribution is 2.30. The van der Waals surface area contributed by atoms with Crippen LogP contribution in [0.15, 0.2) is 24.5 Å². The lowest BCUT2D eigenvalue weighted by molar-refractivity contribution is 0.620. The van der Waals surface area contributed by atoms with E-state index >= 15 is 0 Å². The van der Waals surface area contributed by atoms with Gasteiger partial charge in [-0.1, -0.05) is 0 Å². The van der Waals surface area contributed by atoms with Crippen LogP contribution in [0.3, 0.4) is 0 Å². The first kappa shape index (κ1) is 12.3. The minimum Gasteiger partial charge on any atom is -0.381 e. The number of hydrogen-bond acceptors (Lipinski definition) is 4. The summed E-state index contributed by atoms with van der Waals surface area (Å²) in [5.41, 5.74) is 6.89. The van der Waals surface area contributed by atoms with E-state index in [-0.39, 0.29) is 17.2 Å². The molecule has 2 aromatic heterocycles. The van der Waals surface area contributed by atoms with Crippen molar-refractivity contribution in [3.05, 3.63) is 41.7 Å². The molecule has 5 nitrogen and oxygen atoms in total. The number of aryl methyl sites for hydroxylation is 1. The second-order valence-corrected chi connectivity index (χ2v) is 4.52. The molecule has 0 amide bonds. The molecule has 20 heavy (non-hydrogen) atoms. The molecule has 0 aliphatic carbocycles. The van der Waals surface area contributed by atoms with Crippen LogP contribution in [0.5, 0.6) is 0 Å². The maximum atomic E-state index is 14.0. The number of rotatable bonds is 1. The molecular formula is C13H11F2N5. The molecule has 0 aliphatic heterocycles. The summed E-state index contributed by atoms with van der Waals surface area (Å²) in [4.78, 5) is 7.74. The Morgan fingerprint density at radius 3 is 2.65 bits per heavy atom. The average molecular weight is 275 g/mol. The Morgan fingerprint density at radius 2 is 1.95 bits per heavy atom. The quantitative estimate of drug-likeness (QED) is 0.665. The lowest BCUT2D eigenvalue weighted by Gasteiger charge is -2.02. The van der Waals surface area contributed by atoms with Gasteiger partial charge in [0.2, 0.25) is 0 Å². The number of aromatic nitrogens is 3. The zero-order valence-corrected chi connectivity index (χ0v) is 10.6. The summed E-state index contributed by atoms with van der Waals surface area (Å²) in [5, 5.41) is 0.552. The Kier molecular flexibility index (Phi) is 2.56. The van der Waals surface area contributed by atoms with E-state index in [9.17, 15) is 8.78 Å². The number of nitrogens with two attached hydrogens (primary N) is 2. The van der Waals surface area contributed by atoms with Gasteiger partial charge in [-0.15, -0.1) is 0 Å². The highest BCUT2D eigenvalue weighted by Gasteiger charge is 2.16. The van der Waals surface area contributed by atoms with Gasteiger partial charge in [0.05, 0.1) is 6.20 Å². The highest BCUT2D eigenvalue weighted by atomic mass is 19.1. The molecule has 7 heteroatoms. The van der Waals surface area contributed by atoms with Crippen LogP contribution in [0.1, 0.15) is 5.56 Å². The normalized spacial score (nSPS) is 11.2. The average Bonchev–Trinajstić information content (AvgIpc) is 2.70. The van der Waals surface area contributed by atoms with Crippen LogP contribution in [0.2, 0.25) is 0 Å². The maximum absolute atomic E-state index is 14.0. The Morgan fingerprint density at radius 1 is 1.20 bits per heavy atom. The third-order valence-electron chi connectivity index (χ3n) is 3.04. The summed E-state index contributed by atoms with van der Waals surface area (Å²) in [6.45, 7) is 1.76. The summed E-state index contributed by atoms with van der Waals surface area (Å²) < 4.78 is 28.2. The number of anilines is 1. The van der Waals surface area contributed by atoms with E-state index in [1.165, 1.54) is 12.3 Å². The molecule has 0 unspecified atom stereocenters. The molecule has 0 spiro atoms. The Bertz CT molecular complexity index is 825. The van der Waals surface area contributed by atoms with Gasteiger partial charge in [-0.3, -0.25) is 4.68 Å². The zero-order valence-electron chi connectivity index (χ0n) is 10.6. The fraction of sp³-hybridized carbons (Fsp3) is 0.0769. The monoisotopic (exact) mass is 275 g/mol. The largest absolute Gasteiger partial charge is 0.381 e. The molecular weight excluding hydrogens is 264 g/mol. The van der Waals surface area contributed by atoms with Crippen molar-refractivity contribution in [3.8, 4) is 11.4 Å².